The number of halogens is 1. The van der Waals surface area contributed by atoms with E-state index in [0.29, 0.717) is 12.0 Å². The molecule has 0 aliphatic rings. The van der Waals surface area contributed by atoms with Gasteiger partial charge in [0.15, 0.2) is 0 Å². The fourth-order valence-corrected chi connectivity index (χ4v) is 3.21. The van der Waals surface area contributed by atoms with Crippen molar-refractivity contribution < 1.29 is 17.6 Å². The van der Waals surface area contributed by atoms with Gasteiger partial charge in [0.25, 0.3) is 0 Å². The molecule has 1 aromatic rings. The lowest BCUT2D eigenvalue weighted by Crippen LogP contribution is -2.48. The van der Waals surface area contributed by atoms with Crippen molar-refractivity contribution >= 4 is 15.9 Å². The average Bonchev–Trinajstić information content (AvgIpc) is 2.34. The first-order valence-electron chi connectivity index (χ1n) is 6.29. The molecule has 0 saturated carbocycles. The van der Waals surface area contributed by atoms with E-state index in [1.54, 1.807) is 6.92 Å². The third kappa shape index (κ3) is 4.90. The van der Waals surface area contributed by atoms with Crippen LogP contribution in [-0.2, 0) is 20.6 Å². The molecule has 0 fully saturated rings. The molecule has 1 aromatic carbocycles. The van der Waals surface area contributed by atoms with Crippen molar-refractivity contribution in [3.05, 3.63) is 35.6 Å². The predicted octanol–water partition coefficient (Wildman–Crippen LogP) is 1.15. The summed E-state index contributed by atoms with van der Waals surface area (Å²) in [6, 6.07) is 4.35. The smallest absolute Gasteiger partial charge is 0.235 e. The third-order valence-electron chi connectivity index (χ3n) is 3.07. The maximum absolute atomic E-state index is 13.0. The Morgan fingerprint density at radius 1 is 1.45 bits per heavy atom. The summed E-state index contributed by atoms with van der Waals surface area (Å²) in [4.78, 5) is 11.3. The summed E-state index contributed by atoms with van der Waals surface area (Å²) < 4.78 is 39.3. The van der Waals surface area contributed by atoms with Crippen LogP contribution in [0, 0.1) is 11.7 Å². The molecule has 0 radical (unpaired) electrons. The first kappa shape index (κ1) is 16.6. The minimum absolute atomic E-state index is 0.213. The van der Waals surface area contributed by atoms with Crippen molar-refractivity contribution in [2.24, 2.45) is 11.7 Å². The van der Waals surface area contributed by atoms with Crippen molar-refractivity contribution in [1.29, 1.82) is 0 Å². The van der Waals surface area contributed by atoms with Crippen LogP contribution in [0.5, 0.6) is 0 Å². The van der Waals surface area contributed by atoms with Gasteiger partial charge in [-0.1, -0.05) is 32.4 Å². The van der Waals surface area contributed by atoms with Gasteiger partial charge in [-0.25, -0.2) is 17.5 Å². The second kappa shape index (κ2) is 6.81. The Hall–Kier alpha value is -1.47. The lowest BCUT2D eigenvalue weighted by molar-refractivity contribution is -0.120. The van der Waals surface area contributed by atoms with E-state index in [2.05, 4.69) is 4.72 Å². The molecule has 0 aliphatic heterocycles. The Morgan fingerprint density at radius 3 is 2.60 bits per heavy atom. The zero-order valence-electron chi connectivity index (χ0n) is 11.5. The average molecular weight is 302 g/mol. The van der Waals surface area contributed by atoms with Gasteiger partial charge in [-0.05, 0) is 23.6 Å². The molecule has 5 nitrogen and oxygen atoms in total. The third-order valence-corrected chi connectivity index (χ3v) is 4.40. The molecule has 0 saturated heterocycles. The van der Waals surface area contributed by atoms with Gasteiger partial charge in [-0.15, -0.1) is 0 Å². The Labute approximate surface area is 118 Å². The van der Waals surface area contributed by atoms with E-state index in [0.717, 1.165) is 6.07 Å². The topological polar surface area (TPSA) is 89.3 Å². The molecule has 7 heteroatoms. The number of carbonyl (C=O) groups is 1. The summed E-state index contributed by atoms with van der Waals surface area (Å²) in [7, 11) is -3.77. The first-order valence-corrected chi connectivity index (χ1v) is 7.94. The van der Waals surface area contributed by atoms with E-state index in [-0.39, 0.29) is 5.92 Å². The summed E-state index contributed by atoms with van der Waals surface area (Å²) in [5.41, 5.74) is 5.52. The van der Waals surface area contributed by atoms with Gasteiger partial charge >= 0.3 is 0 Å². The van der Waals surface area contributed by atoms with E-state index in [4.69, 9.17) is 5.73 Å². The van der Waals surface area contributed by atoms with E-state index >= 15 is 0 Å². The van der Waals surface area contributed by atoms with E-state index in [9.17, 15) is 17.6 Å². The van der Waals surface area contributed by atoms with Crippen molar-refractivity contribution in [3.63, 3.8) is 0 Å². The number of amides is 1. The molecule has 20 heavy (non-hydrogen) atoms. The SMILES string of the molecule is CC[C@H](C)[C@@H](NS(=O)(=O)Cc1cccc(F)c1)C(N)=O. The highest BCUT2D eigenvalue weighted by atomic mass is 32.2. The number of carbonyl (C=O) groups excluding carboxylic acids is 1. The van der Waals surface area contributed by atoms with Crippen LogP contribution in [0.15, 0.2) is 24.3 Å². The van der Waals surface area contributed by atoms with Crippen LogP contribution in [0.4, 0.5) is 4.39 Å². The number of rotatable bonds is 7. The Balaban J connectivity index is 2.85. The molecule has 1 rings (SSSR count). The van der Waals surface area contributed by atoms with Gasteiger partial charge < -0.3 is 5.73 Å². The van der Waals surface area contributed by atoms with Gasteiger partial charge in [0.1, 0.15) is 11.9 Å². The van der Waals surface area contributed by atoms with Gasteiger partial charge in [-0.3, -0.25) is 4.79 Å². The molecular formula is C13H19FN2O3S. The molecule has 0 spiro atoms. The van der Waals surface area contributed by atoms with Crippen molar-refractivity contribution in [2.75, 3.05) is 0 Å². The standard InChI is InChI=1S/C13H19FN2O3S/c1-3-9(2)12(13(15)17)16-20(18,19)8-10-5-4-6-11(14)7-10/h4-7,9,12,16H,3,8H2,1-2H3,(H2,15,17)/t9-,12+/m0/s1. The lowest BCUT2D eigenvalue weighted by atomic mass is 10.00. The summed E-state index contributed by atoms with van der Waals surface area (Å²) in [6.07, 6.45) is 0.607. The quantitative estimate of drug-likeness (QED) is 0.791. The molecule has 0 bridgehead atoms. The molecule has 2 atom stereocenters. The first-order chi connectivity index (χ1) is 9.25. The highest BCUT2D eigenvalue weighted by Crippen LogP contribution is 2.12. The molecular weight excluding hydrogens is 283 g/mol. The second-order valence-corrected chi connectivity index (χ2v) is 6.53. The number of benzene rings is 1. The number of hydrogen-bond donors (Lipinski definition) is 2. The second-order valence-electron chi connectivity index (χ2n) is 4.77. The van der Waals surface area contributed by atoms with Crippen LogP contribution in [0.3, 0.4) is 0 Å². The van der Waals surface area contributed by atoms with Crippen LogP contribution >= 0.6 is 0 Å². The number of hydrogen-bond acceptors (Lipinski definition) is 3. The Bertz CT molecular complexity index is 575. The summed E-state index contributed by atoms with van der Waals surface area (Å²) in [5, 5.41) is 0. The van der Waals surface area contributed by atoms with Crippen molar-refractivity contribution in [3.8, 4) is 0 Å². The molecule has 0 aromatic heterocycles. The molecule has 112 valence electrons. The van der Waals surface area contributed by atoms with Crippen LogP contribution in [-0.4, -0.2) is 20.4 Å². The summed E-state index contributed by atoms with van der Waals surface area (Å²) in [5.74, 6) is -1.84. The number of nitrogens with one attached hydrogen (secondary N) is 1. The number of primary amides is 1. The van der Waals surface area contributed by atoms with E-state index < -0.39 is 33.5 Å². The van der Waals surface area contributed by atoms with E-state index in [1.807, 2.05) is 6.92 Å². The monoisotopic (exact) mass is 302 g/mol. The number of sulfonamides is 1. The summed E-state index contributed by atoms with van der Waals surface area (Å²) >= 11 is 0. The fourth-order valence-electron chi connectivity index (χ4n) is 1.77. The van der Waals surface area contributed by atoms with Crippen molar-refractivity contribution in [2.45, 2.75) is 32.1 Å². The van der Waals surface area contributed by atoms with Crippen LogP contribution in [0.25, 0.3) is 0 Å². The highest BCUT2D eigenvalue weighted by Gasteiger charge is 2.27. The highest BCUT2D eigenvalue weighted by molar-refractivity contribution is 7.88. The molecule has 0 heterocycles. The minimum Gasteiger partial charge on any atom is -0.368 e. The Morgan fingerprint density at radius 2 is 2.10 bits per heavy atom. The molecule has 0 aliphatic carbocycles. The molecule has 0 unspecified atom stereocenters. The zero-order chi connectivity index (χ0) is 15.3. The van der Waals surface area contributed by atoms with Gasteiger partial charge in [0, 0.05) is 0 Å². The summed E-state index contributed by atoms with van der Waals surface area (Å²) in [6.45, 7) is 3.57. The van der Waals surface area contributed by atoms with Crippen LogP contribution < -0.4 is 10.5 Å². The molecule has 3 N–H and O–H groups in total. The van der Waals surface area contributed by atoms with Crippen LogP contribution in [0.2, 0.25) is 0 Å². The number of nitrogens with two attached hydrogens (primary N) is 1. The Kier molecular flexibility index (Phi) is 5.64. The van der Waals surface area contributed by atoms with Gasteiger partial charge in [0.05, 0.1) is 5.75 Å². The van der Waals surface area contributed by atoms with Gasteiger partial charge in [0.2, 0.25) is 15.9 Å². The maximum Gasteiger partial charge on any atom is 0.235 e. The lowest BCUT2D eigenvalue weighted by Gasteiger charge is -2.21. The fraction of sp³-hybridized carbons (Fsp3) is 0.462. The maximum atomic E-state index is 13.0. The predicted molar refractivity (Wildman–Crippen MR) is 74.6 cm³/mol. The zero-order valence-corrected chi connectivity index (χ0v) is 12.3. The minimum atomic E-state index is -3.77. The largest absolute Gasteiger partial charge is 0.368 e. The van der Waals surface area contributed by atoms with Gasteiger partial charge in [-0.2, -0.15) is 0 Å². The molecule has 1 amide bonds. The van der Waals surface area contributed by atoms with E-state index in [1.165, 1.54) is 18.2 Å². The van der Waals surface area contributed by atoms with Crippen molar-refractivity contribution in [1.82, 2.24) is 4.72 Å². The normalized spacial score (nSPS) is 14.8. The van der Waals surface area contributed by atoms with Crippen LogP contribution in [0.1, 0.15) is 25.8 Å².